The lowest BCUT2D eigenvalue weighted by Gasteiger charge is -2.09. The summed E-state index contributed by atoms with van der Waals surface area (Å²) in [5.41, 5.74) is 7.46. The minimum Gasteiger partial charge on any atom is -0.330 e. The second-order valence-electron chi connectivity index (χ2n) is 5.10. The average Bonchev–Trinajstić information content (AvgIpc) is 2.64. The Morgan fingerprint density at radius 3 is 2.74 bits per heavy atom. The largest absolute Gasteiger partial charge is 0.330 e. The summed E-state index contributed by atoms with van der Waals surface area (Å²) < 4.78 is 2.87. The number of carbonyl (C=O) groups excluding carboxylic acids is 1. The molecule has 0 aliphatic rings. The van der Waals surface area contributed by atoms with Crippen LogP contribution in [0.5, 0.6) is 0 Å². The average molecular weight is 330 g/mol. The molecule has 1 aromatic heterocycles. The van der Waals surface area contributed by atoms with Crippen molar-refractivity contribution in [3.05, 3.63) is 15.9 Å². The molecular weight excluding hydrogens is 306 g/mol. The lowest BCUT2D eigenvalue weighted by atomic mass is 9.99. The molecule has 5 heteroatoms. The van der Waals surface area contributed by atoms with Gasteiger partial charge in [0.2, 0.25) is 0 Å². The third-order valence-electron chi connectivity index (χ3n) is 3.39. The van der Waals surface area contributed by atoms with Gasteiger partial charge in [0.05, 0.1) is 15.9 Å². The number of nitrogens with two attached hydrogens (primary N) is 1. The smallest absolute Gasteiger partial charge is 0.138 e. The lowest BCUT2D eigenvalue weighted by molar-refractivity contribution is -0.118. The SMILES string of the molecule is CCn1nc(C)c(Br)c1CC(=O)CCC(C)CCN. The van der Waals surface area contributed by atoms with Crippen molar-refractivity contribution >= 4 is 21.7 Å². The van der Waals surface area contributed by atoms with Gasteiger partial charge in [-0.05, 0) is 55.1 Å². The molecule has 0 radical (unpaired) electrons. The third-order valence-corrected chi connectivity index (χ3v) is 4.42. The Morgan fingerprint density at radius 1 is 1.47 bits per heavy atom. The molecule has 0 fully saturated rings. The fraction of sp³-hybridized carbons (Fsp3) is 0.714. The highest BCUT2D eigenvalue weighted by Gasteiger charge is 2.16. The van der Waals surface area contributed by atoms with E-state index in [1.807, 2.05) is 18.5 Å². The minimum absolute atomic E-state index is 0.277. The van der Waals surface area contributed by atoms with Crippen LogP contribution in [0.3, 0.4) is 0 Å². The van der Waals surface area contributed by atoms with E-state index in [4.69, 9.17) is 5.73 Å². The normalized spacial score (nSPS) is 12.7. The summed E-state index contributed by atoms with van der Waals surface area (Å²) in [4.78, 5) is 12.1. The molecule has 0 saturated carbocycles. The maximum atomic E-state index is 12.1. The van der Waals surface area contributed by atoms with Gasteiger partial charge in [-0.15, -0.1) is 0 Å². The van der Waals surface area contributed by atoms with Crippen LogP contribution in [-0.2, 0) is 17.8 Å². The van der Waals surface area contributed by atoms with Crippen LogP contribution in [-0.4, -0.2) is 22.1 Å². The van der Waals surface area contributed by atoms with Gasteiger partial charge in [0.1, 0.15) is 5.78 Å². The van der Waals surface area contributed by atoms with E-state index < -0.39 is 0 Å². The second-order valence-corrected chi connectivity index (χ2v) is 5.89. The summed E-state index contributed by atoms with van der Waals surface area (Å²) in [6.07, 6.45) is 3.00. The molecule has 0 aliphatic carbocycles. The first-order chi connectivity index (χ1) is 8.99. The maximum absolute atomic E-state index is 12.1. The van der Waals surface area contributed by atoms with Gasteiger partial charge in [0.25, 0.3) is 0 Å². The molecule has 108 valence electrons. The maximum Gasteiger partial charge on any atom is 0.138 e. The number of nitrogens with zero attached hydrogens (tertiary/aromatic N) is 2. The van der Waals surface area contributed by atoms with Gasteiger partial charge in [0, 0.05) is 19.4 Å². The van der Waals surface area contributed by atoms with E-state index in [1.54, 1.807) is 0 Å². The van der Waals surface area contributed by atoms with Crippen molar-refractivity contribution in [2.45, 2.75) is 53.0 Å². The van der Waals surface area contributed by atoms with Crippen molar-refractivity contribution in [1.29, 1.82) is 0 Å². The molecule has 19 heavy (non-hydrogen) atoms. The van der Waals surface area contributed by atoms with Gasteiger partial charge in [0.15, 0.2) is 0 Å². The van der Waals surface area contributed by atoms with Crippen molar-refractivity contribution in [3.8, 4) is 0 Å². The molecule has 0 saturated heterocycles. The predicted octanol–water partition coefficient (Wildman–Crippen LogP) is 2.85. The van der Waals surface area contributed by atoms with Crippen LogP contribution < -0.4 is 5.73 Å². The van der Waals surface area contributed by atoms with Crippen molar-refractivity contribution < 1.29 is 4.79 Å². The molecule has 0 bridgehead atoms. The van der Waals surface area contributed by atoms with E-state index >= 15 is 0 Å². The number of hydrogen-bond acceptors (Lipinski definition) is 3. The van der Waals surface area contributed by atoms with Gasteiger partial charge < -0.3 is 5.73 Å². The number of carbonyl (C=O) groups is 1. The van der Waals surface area contributed by atoms with Crippen LogP contribution >= 0.6 is 15.9 Å². The summed E-state index contributed by atoms with van der Waals surface area (Å²) >= 11 is 3.52. The zero-order chi connectivity index (χ0) is 14.4. The molecule has 1 atom stereocenters. The molecular formula is C14H24BrN3O. The van der Waals surface area contributed by atoms with Crippen LogP contribution in [0.15, 0.2) is 4.47 Å². The number of Topliss-reactive ketones (excluding diaryl/α,β-unsaturated/α-hetero) is 1. The Bertz CT molecular complexity index is 429. The van der Waals surface area contributed by atoms with E-state index in [9.17, 15) is 4.79 Å². The van der Waals surface area contributed by atoms with Crippen molar-refractivity contribution in [2.75, 3.05) is 6.54 Å². The third kappa shape index (κ3) is 4.73. The van der Waals surface area contributed by atoms with Gasteiger partial charge in [-0.25, -0.2) is 0 Å². The summed E-state index contributed by atoms with van der Waals surface area (Å²) in [5.74, 6) is 0.800. The molecule has 1 rings (SSSR count). The van der Waals surface area contributed by atoms with Crippen molar-refractivity contribution in [1.82, 2.24) is 9.78 Å². The van der Waals surface area contributed by atoms with Gasteiger partial charge in [-0.1, -0.05) is 6.92 Å². The van der Waals surface area contributed by atoms with E-state index in [0.29, 0.717) is 25.3 Å². The quantitative estimate of drug-likeness (QED) is 0.797. The standard InChI is InChI=1S/C14H24BrN3O/c1-4-18-13(14(15)11(3)17-18)9-12(19)6-5-10(2)7-8-16/h10H,4-9,16H2,1-3H3. The Balaban J connectivity index is 2.57. The molecule has 4 nitrogen and oxygen atoms in total. The fourth-order valence-corrected chi connectivity index (χ4v) is 2.57. The van der Waals surface area contributed by atoms with Gasteiger partial charge >= 0.3 is 0 Å². The summed E-state index contributed by atoms with van der Waals surface area (Å²) in [6, 6.07) is 0. The van der Waals surface area contributed by atoms with Crippen molar-refractivity contribution in [3.63, 3.8) is 0 Å². The highest BCUT2D eigenvalue weighted by atomic mass is 79.9. The van der Waals surface area contributed by atoms with E-state index in [-0.39, 0.29) is 5.78 Å². The highest BCUT2D eigenvalue weighted by Crippen LogP contribution is 2.22. The number of rotatable bonds is 8. The van der Waals surface area contributed by atoms with E-state index in [2.05, 4.69) is 28.0 Å². The topological polar surface area (TPSA) is 60.9 Å². The zero-order valence-corrected chi connectivity index (χ0v) is 13.7. The Hall–Kier alpha value is -0.680. The summed E-state index contributed by atoms with van der Waals surface area (Å²) in [5, 5.41) is 4.41. The van der Waals surface area contributed by atoms with Crippen LogP contribution in [0, 0.1) is 12.8 Å². The second kappa shape index (κ2) is 7.80. The number of aromatic nitrogens is 2. The molecule has 2 N–H and O–H groups in total. The van der Waals surface area contributed by atoms with Crippen LogP contribution in [0.1, 0.15) is 44.5 Å². The molecule has 1 unspecified atom stereocenters. The first kappa shape index (κ1) is 16.4. The number of halogens is 1. The molecule has 0 spiro atoms. The molecule has 0 aliphatic heterocycles. The predicted molar refractivity (Wildman–Crippen MR) is 81.1 cm³/mol. The molecule has 1 aromatic rings. The molecule has 0 amide bonds. The fourth-order valence-electron chi connectivity index (χ4n) is 2.15. The Labute approximate surface area is 123 Å². The lowest BCUT2D eigenvalue weighted by Crippen LogP contribution is -2.12. The van der Waals surface area contributed by atoms with E-state index in [0.717, 1.165) is 35.2 Å². The summed E-state index contributed by atoms with van der Waals surface area (Å²) in [6.45, 7) is 7.63. The van der Waals surface area contributed by atoms with Crippen LogP contribution in [0.2, 0.25) is 0 Å². The van der Waals surface area contributed by atoms with Gasteiger partial charge in [-0.3, -0.25) is 9.48 Å². The van der Waals surface area contributed by atoms with Crippen LogP contribution in [0.25, 0.3) is 0 Å². The Kier molecular flexibility index (Phi) is 6.72. The number of hydrogen-bond donors (Lipinski definition) is 1. The van der Waals surface area contributed by atoms with Gasteiger partial charge in [-0.2, -0.15) is 5.10 Å². The first-order valence-electron chi connectivity index (χ1n) is 6.93. The number of ketones is 1. The molecule has 0 aromatic carbocycles. The first-order valence-corrected chi connectivity index (χ1v) is 7.72. The van der Waals surface area contributed by atoms with Crippen LogP contribution in [0.4, 0.5) is 0 Å². The molecule has 1 heterocycles. The minimum atomic E-state index is 0.277. The highest BCUT2D eigenvalue weighted by molar-refractivity contribution is 9.10. The Morgan fingerprint density at radius 2 is 2.16 bits per heavy atom. The zero-order valence-electron chi connectivity index (χ0n) is 12.1. The monoisotopic (exact) mass is 329 g/mol. The van der Waals surface area contributed by atoms with Crippen molar-refractivity contribution in [2.24, 2.45) is 11.7 Å². The summed E-state index contributed by atoms with van der Waals surface area (Å²) in [7, 11) is 0. The van der Waals surface area contributed by atoms with E-state index in [1.165, 1.54) is 0 Å². The number of aryl methyl sites for hydroxylation is 2.